The second kappa shape index (κ2) is 6.17. The van der Waals surface area contributed by atoms with Crippen LogP contribution in [0.2, 0.25) is 0 Å². The van der Waals surface area contributed by atoms with E-state index < -0.39 is 0 Å². The van der Waals surface area contributed by atoms with Crippen LogP contribution in [0.4, 0.5) is 5.95 Å². The minimum absolute atomic E-state index is 0.321. The summed E-state index contributed by atoms with van der Waals surface area (Å²) in [4.78, 5) is 8.62. The molecule has 0 saturated heterocycles. The highest BCUT2D eigenvalue weighted by Crippen LogP contribution is 2.15. The third kappa shape index (κ3) is 3.18. The molecule has 2 aromatic rings. The summed E-state index contributed by atoms with van der Waals surface area (Å²) in [5, 5.41) is 11.5. The summed E-state index contributed by atoms with van der Waals surface area (Å²) in [5.74, 6) is 0.980. The Bertz CT molecular complexity index is 594. The van der Waals surface area contributed by atoms with Crippen molar-refractivity contribution in [3.05, 3.63) is 29.3 Å². The summed E-state index contributed by atoms with van der Waals surface area (Å²) in [6, 6.07) is 0. The maximum atomic E-state index is 5.72. The molecule has 0 saturated carbocycles. The van der Waals surface area contributed by atoms with Crippen LogP contribution in [-0.2, 0) is 24.3 Å². The van der Waals surface area contributed by atoms with Gasteiger partial charge in [0.1, 0.15) is 0 Å². The minimum atomic E-state index is 0.321. The molecule has 1 aliphatic heterocycles. The molecule has 112 valence electrons. The number of ether oxygens (including phenoxy) is 1. The molecule has 0 aromatic carbocycles. The Morgan fingerprint density at radius 1 is 1.38 bits per heavy atom. The zero-order valence-electron chi connectivity index (χ0n) is 12.4. The molecule has 1 atom stereocenters. The number of anilines is 1. The van der Waals surface area contributed by atoms with Gasteiger partial charge in [-0.05, 0) is 18.9 Å². The normalized spacial score (nSPS) is 18.1. The van der Waals surface area contributed by atoms with E-state index in [9.17, 15) is 0 Å². The van der Waals surface area contributed by atoms with Crippen LogP contribution in [0.5, 0.6) is 0 Å². The predicted molar refractivity (Wildman–Crippen MR) is 77.8 cm³/mol. The first-order valence-electron chi connectivity index (χ1n) is 7.27. The van der Waals surface area contributed by atoms with Gasteiger partial charge in [0, 0.05) is 31.4 Å². The van der Waals surface area contributed by atoms with Crippen molar-refractivity contribution in [1.82, 2.24) is 25.0 Å². The lowest BCUT2D eigenvalue weighted by molar-refractivity contribution is 0.0976. The molecule has 0 bridgehead atoms. The minimum Gasteiger partial charge on any atom is -0.375 e. The molecule has 0 amide bonds. The Kier molecular flexibility index (Phi) is 4.10. The fraction of sp³-hybridized carbons (Fsp3) is 0.571. The summed E-state index contributed by atoms with van der Waals surface area (Å²) in [7, 11) is 0. The Balaban J connectivity index is 1.60. The third-order valence-corrected chi connectivity index (χ3v) is 3.72. The molecule has 0 fully saturated rings. The Labute approximate surface area is 123 Å². The molecule has 7 heteroatoms. The van der Waals surface area contributed by atoms with Crippen LogP contribution in [0.3, 0.4) is 0 Å². The van der Waals surface area contributed by atoms with Crippen molar-refractivity contribution in [3.8, 4) is 0 Å². The predicted octanol–water partition coefficient (Wildman–Crippen LogP) is 1.20. The first-order chi connectivity index (χ1) is 10.3. The van der Waals surface area contributed by atoms with Gasteiger partial charge in [0.05, 0.1) is 24.6 Å². The number of nitrogens with zero attached hydrogens (tertiary/aromatic N) is 5. The quantitative estimate of drug-likeness (QED) is 0.911. The second-order valence-corrected chi connectivity index (χ2v) is 5.33. The van der Waals surface area contributed by atoms with Crippen molar-refractivity contribution in [2.45, 2.75) is 33.4 Å². The van der Waals surface area contributed by atoms with Crippen molar-refractivity contribution in [2.24, 2.45) is 5.92 Å². The second-order valence-electron chi connectivity index (χ2n) is 5.33. The molecule has 3 heterocycles. The molecule has 0 spiro atoms. The molecule has 0 radical (unpaired) electrons. The smallest absolute Gasteiger partial charge is 0.222 e. The molecule has 21 heavy (non-hydrogen) atoms. The summed E-state index contributed by atoms with van der Waals surface area (Å²) in [6.07, 6.45) is 4.67. The maximum Gasteiger partial charge on any atom is 0.222 e. The molecular weight excluding hydrogens is 268 g/mol. The lowest BCUT2D eigenvalue weighted by Crippen LogP contribution is -2.23. The topological polar surface area (TPSA) is 77.8 Å². The van der Waals surface area contributed by atoms with E-state index >= 15 is 0 Å². The van der Waals surface area contributed by atoms with E-state index in [2.05, 4.69) is 32.5 Å². The van der Waals surface area contributed by atoms with Gasteiger partial charge in [0.15, 0.2) is 0 Å². The molecule has 1 aliphatic rings. The highest BCUT2D eigenvalue weighted by Gasteiger charge is 2.20. The Morgan fingerprint density at radius 3 is 2.95 bits per heavy atom. The molecule has 0 aliphatic carbocycles. The van der Waals surface area contributed by atoms with Gasteiger partial charge in [-0.25, -0.2) is 14.6 Å². The lowest BCUT2D eigenvalue weighted by Gasteiger charge is -2.14. The number of hydrogen-bond donors (Lipinski definition) is 1. The summed E-state index contributed by atoms with van der Waals surface area (Å²) >= 11 is 0. The average molecular weight is 288 g/mol. The van der Waals surface area contributed by atoms with E-state index in [1.165, 1.54) is 0 Å². The first kappa shape index (κ1) is 13.9. The van der Waals surface area contributed by atoms with E-state index in [-0.39, 0.29) is 0 Å². The van der Waals surface area contributed by atoms with Crippen LogP contribution in [0.15, 0.2) is 12.4 Å². The van der Waals surface area contributed by atoms with Gasteiger partial charge < -0.3 is 10.1 Å². The number of aromatic nitrogens is 5. The van der Waals surface area contributed by atoms with Crippen LogP contribution in [0.1, 0.15) is 23.9 Å². The van der Waals surface area contributed by atoms with Gasteiger partial charge in [0.25, 0.3) is 0 Å². The van der Waals surface area contributed by atoms with Gasteiger partial charge >= 0.3 is 0 Å². The fourth-order valence-electron chi connectivity index (χ4n) is 2.35. The fourth-order valence-corrected chi connectivity index (χ4v) is 2.35. The van der Waals surface area contributed by atoms with Crippen LogP contribution >= 0.6 is 0 Å². The van der Waals surface area contributed by atoms with E-state index in [1.54, 1.807) is 0 Å². The van der Waals surface area contributed by atoms with Gasteiger partial charge in [0.2, 0.25) is 5.95 Å². The number of fused-ring (bicyclic) bond motifs is 1. The Morgan fingerprint density at radius 2 is 2.19 bits per heavy atom. The number of rotatable bonds is 4. The van der Waals surface area contributed by atoms with Crippen LogP contribution in [-0.4, -0.2) is 38.1 Å². The van der Waals surface area contributed by atoms with Crippen LogP contribution in [0, 0.1) is 12.8 Å². The number of nitrogens with one attached hydrogen (secondary N) is 1. The molecular formula is C14H20N6O. The van der Waals surface area contributed by atoms with E-state index in [4.69, 9.17) is 4.74 Å². The van der Waals surface area contributed by atoms with E-state index in [0.29, 0.717) is 25.1 Å². The van der Waals surface area contributed by atoms with Crippen molar-refractivity contribution in [1.29, 1.82) is 0 Å². The van der Waals surface area contributed by atoms with E-state index in [1.807, 2.05) is 24.0 Å². The lowest BCUT2D eigenvalue weighted by atomic mass is 10.1. The van der Waals surface area contributed by atoms with Crippen LogP contribution in [0.25, 0.3) is 0 Å². The van der Waals surface area contributed by atoms with Gasteiger partial charge in [-0.2, -0.15) is 0 Å². The first-order valence-corrected chi connectivity index (χ1v) is 7.27. The molecule has 2 aromatic heterocycles. The van der Waals surface area contributed by atoms with Gasteiger partial charge in [-0.15, -0.1) is 5.10 Å². The SMILES string of the molecule is CCc1cnc(NCC2COCc3c(C)nnn3C2)nc1. The highest BCUT2D eigenvalue weighted by molar-refractivity contribution is 5.24. The monoisotopic (exact) mass is 288 g/mol. The van der Waals surface area contributed by atoms with Gasteiger partial charge in [-0.3, -0.25) is 0 Å². The average Bonchev–Trinajstić information content (AvgIpc) is 2.75. The number of hydrogen-bond acceptors (Lipinski definition) is 6. The Hall–Kier alpha value is -2.02. The number of aryl methyl sites for hydroxylation is 2. The molecule has 3 rings (SSSR count). The molecule has 1 N–H and O–H groups in total. The van der Waals surface area contributed by atoms with E-state index in [0.717, 1.165) is 36.5 Å². The zero-order chi connectivity index (χ0) is 14.7. The standard InChI is InChI=1S/C14H20N6O/c1-3-11-4-15-14(16-5-11)17-6-12-7-20-13(9-21-8-12)10(2)18-19-20/h4-5,12H,3,6-9H2,1-2H3,(H,15,16,17). The van der Waals surface area contributed by atoms with Crippen molar-refractivity contribution in [3.63, 3.8) is 0 Å². The summed E-state index contributed by atoms with van der Waals surface area (Å²) in [5.41, 5.74) is 3.16. The van der Waals surface area contributed by atoms with Crippen molar-refractivity contribution < 1.29 is 4.74 Å². The largest absolute Gasteiger partial charge is 0.375 e. The van der Waals surface area contributed by atoms with Crippen molar-refractivity contribution in [2.75, 3.05) is 18.5 Å². The van der Waals surface area contributed by atoms with Crippen molar-refractivity contribution >= 4 is 5.95 Å². The molecule has 1 unspecified atom stereocenters. The maximum absolute atomic E-state index is 5.72. The summed E-state index contributed by atoms with van der Waals surface area (Å²) < 4.78 is 7.66. The zero-order valence-corrected chi connectivity index (χ0v) is 12.4. The summed E-state index contributed by atoms with van der Waals surface area (Å²) in [6.45, 7) is 6.89. The highest BCUT2D eigenvalue weighted by atomic mass is 16.5. The van der Waals surface area contributed by atoms with Crippen LogP contribution < -0.4 is 5.32 Å². The third-order valence-electron chi connectivity index (χ3n) is 3.72. The van der Waals surface area contributed by atoms with Gasteiger partial charge in [-0.1, -0.05) is 12.1 Å². The molecule has 7 nitrogen and oxygen atoms in total.